The molecule has 2 aliphatic rings. The lowest BCUT2D eigenvalue weighted by molar-refractivity contribution is -0.389. The molecule has 4 rings (SSSR count). The van der Waals surface area contributed by atoms with Crippen molar-refractivity contribution in [2.24, 2.45) is 0 Å². The van der Waals surface area contributed by atoms with Crippen molar-refractivity contribution in [2.75, 3.05) is 13.2 Å². The molecule has 3 heterocycles. The number of rotatable bonds is 4. The van der Waals surface area contributed by atoms with Gasteiger partial charge < -0.3 is 29.2 Å². The number of amides is 1. The normalized spacial score (nSPS) is 17.9. The average Bonchev–Trinajstić information content (AvgIpc) is 3.14. The lowest BCUT2D eigenvalue weighted by atomic mass is 10.00. The van der Waals surface area contributed by atoms with Gasteiger partial charge in [-0.1, -0.05) is 6.07 Å². The number of aromatic nitrogens is 2. The van der Waals surface area contributed by atoms with Gasteiger partial charge in [0, 0.05) is 31.0 Å². The molecule has 2 aromatic rings. The molecule has 1 amide bonds. The lowest BCUT2D eigenvalue weighted by Crippen LogP contribution is -2.39. The molecule has 0 saturated carbocycles. The van der Waals surface area contributed by atoms with Crippen LogP contribution in [0.4, 0.5) is 10.6 Å². The molecular weight excluding hydrogens is 404 g/mol. The first-order valence-electron chi connectivity index (χ1n) is 10.3. The minimum absolute atomic E-state index is 0.221. The molecule has 0 aliphatic carbocycles. The van der Waals surface area contributed by atoms with Crippen molar-refractivity contribution in [3.8, 4) is 11.8 Å². The monoisotopic (exact) mass is 430 g/mol. The van der Waals surface area contributed by atoms with Crippen molar-refractivity contribution in [3.63, 3.8) is 0 Å². The fourth-order valence-electron chi connectivity index (χ4n) is 3.63. The summed E-state index contributed by atoms with van der Waals surface area (Å²) in [5.41, 5.74) is 1.69. The van der Waals surface area contributed by atoms with Crippen LogP contribution in [0.15, 0.2) is 24.4 Å². The van der Waals surface area contributed by atoms with Gasteiger partial charge in [-0.25, -0.2) is 4.79 Å². The first-order chi connectivity index (χ1) is 14.7. The Hall–Kier alpha value is -3.30. The Morgan fingerprint density at radius 1 is 1.32 bits per heavy atom. The zero-order valence-corrected chi connectivity index (χ0v) is 17.9. The van der Waals surface area contributed by atoms with E-state index >= 15 is 0 Å². The number of fused-ring (bicyclic) bond motifs is 2. The Morgan fingerprint density at radius 3 is 2.87 bits per heavy atom. The number of benzene rings is 1. The fraction of sp³-hybridized carbons (Fsp3) is 0.524. The third-order valence-corrected chi connectivity index (χ3v) is 5.16. The van der Waals surface area contributed by atoms with Crippen LogP contribution < -0.4 is 9.47 Å². The number of imidazole rings is 1. The highest BCUT2D eigenvalue weighted by Gasteiger charge is 2.29. The fourth-order valence-corrected chi connectivity index (χ4v) is 3.63. The first kappa shape index (κ1) is 21.0. The number of hydrogen-bond acceptors (Lipinski definition) is 7. The van der Waals surface area contributed by atoms with E-state index in [1.807, 2.05) is 39.0 Å². The van der Waals surface area contributed by atoms with Crippen LogP contribution in [-0.4, -0.2) is 50.3 Å². The van der Waals surface area contributed by atoms with E-state index in [0.717, 1.165) is 12.0 Å². The molecule has 0 unspecified atom stereocenters. The van der Waals surface area contributed by atoms with Gasteiger partial charge in [0.25, 0.3) is 0 Å². The van der Waals surface area contributed by atoms with Gasteiger partial charge in [-0.05, 0) is 55.4 Å². The van der Waals surface area contributed by atoms with Crippen LogP contribution in [0.25, 0.3) is 0 Å². The van der Waals surface area contributed by atoms with Crippen LogP contribution in [0.1, 0.15) is 38.3 Å². The van der Waals surface area contributed by atoms with Crippen molar-refractivity contribution in [1.82, 2.24) is 14.5 Å². The number of aryl methyl sites for hydroxylation is 1. The van der Waals surface area contributed by atoms with Gasteiger partial charge in [0.2, 0.25) is 0 Å². The molecule has 1 aromatic carbocycles. The summed E-state index contributed by atoms with van der Waals surface area (Å²) < 4.78 is 18.8. The second-order valence-electron chi connectivity index (χ2n) is 8.75. The van der Waals surface area contributed by atoms with Gasteiger partial charge in [-0.15, -0.1) is 0 Å². The number of carbonyl (C=O) groups is 1. The van der Waals surface area contributed by atoms with Crippen LogP contribution >= 0.6 is 0 Å². The highest BCUT2D eigenvalue weighted by atomic mass is 16.6. The maximum absolute atomic E-state index is 12.4. The summed E-state index contributed by atoms with van der Waals surface area (Å²) in [5, 5.41) is 10.9. The van der Waals surface area contributed by atoms with Crippen molar-refractivity contribution in [1.29, 1.82) is 0 Å². The third kappa shape index (κ3) is 4.89. The number of nitrogens with zero attached hydrogens (tertiary/aromatic N) is 4. The molecule has 0 radical (unpaired) electrons. The topological polar surface area (TPSA) is 109 Å². The summed E-state index contributed by atoms with van der Waals surface area (Å²) in [6.07, 6.45) is 2.25. The van der Waals surface area contributed by atoms with Gasteiger partial charge in [0.1, 0.15) is 30.3 Å². The molecule has 1 aromatic heterocycles. The molecule has 31 heavy (non-hydrogen) atoms. The summed E-state index contributed by atoms with van der Waals surface area (Å²) in [4.78, 5) is 28.3. The number of carbonyl (C=O) groups excluding carboxylic acids is 1. The van der Waals surface area contributed by atoms with E-state index in [2.05, 4.69) is 4.98 Å². The predicted octanol–water partition coefficient (Wildman–Crippen LogP) is 3.31. The number of nitro groups is 1. The minimum atomic E-state index is -0.534. The van der Waals surface area contributed by atoms with E-state index in [1.54, 1.807) is 9.47 Å². The van der Waals surface area contributed by atoms with Crippen LogP contribution in [0.2, 0.25) is 0 Å². The highest BCUT2D eigenvalue weighted by Crippen LogP contribution is 2.27. The number of hydrogen-bond donors (Lipinski definition) is 0. The number of ether oxygens (including phenoxy) is 3. The zero-order chi connectivity index (χ0) is 22.2. The Morgan fingerprint density at radius 2 is 2.13 bits per heavy atom. The van der Waals surface area contributed by atoms with E-state index in [1.165, 1.54) is 11.8 Å². The molecule has 2 aliphatic heterocycles. The maximum atomic E-state index is 12.4. The second kappa shape index (κ2) is 8.09. The third-order valence-electron chi connectivity index (χ3n) is 5.16. The van der Waals surface area contributed by atoms with Gasteiger partial charge in [-0.2, -0.15) is 0 Å². The molecule has 0 fully saturated rings. The van der Waals surface area contributed by atoms with Gasteiger partial charge in [0.15, 0.2) is 0 Å². The van der Waals surface area contributed by atoms with Crippen molar-refractivity contribution in [3.05, 3.63) is 45.6 Å². The molecule has 0 bridgehead atoms. The summed E-state index contributed by atoms with van der Waals surface area (Å²) >= 11 is 0. The molecular formula is C21H26N4O6. The second-order valence-corrected chi connectivity index (χ2v) is 8.75. The molecule has 0 N–H and O–H groups in total. The molecule has 0 saturated heterocycles. The van der Waals surface area contributed by atoms with E-state index in [4.69, 9.17) is 14.2 Å². The van der Waals surface area contributed by atoms with E-state index in [0.29, 0.717) is 38.4 Å². The quantitative estimate of drug-likeness (QED) is 0.541. The van der Waals surface area contributed by atoms with Crippen molar-refractivity contribution < 1.29 is 23.9 Å². The largest absolute Gasteiger partial charge is 0.490 e. The van der Waals surface area contributed by atoms with Gasteiger partial charge in [-0.3, -0.25) is 4.57 Å². The van der Waals surface area contributed by atoms with E-state index in [-0.39, 0.29) is 24.0 Å². The predicted molar refractivity (Wildman–Crippen MR) is 110 cm³/mol. The Kier molecular flexibility index (Phi) is 5.47. The van der Waals surface area contributed by atoms with Crippen molar-refractivity contribution in [2.45, 2.75) is 58.4 Å². The first-order valence-corrected chi connectivity index (χ1v) is 10.3. The van der Waals surface area contributed by atoms with Crippen LogP contribution in [0.5, 0.6) is 11.8 Å². The molecule has 1 atom stereocenters. The van der Waals surface area contributed by atoms with Gasteiger partial charge in [0.05, 0.1) is 0 Å². The van der Waals surface area contributed by atoms with E-state index in [9.17, 15) is 14.9 Å². The molecule has 10 heteroatoms. The summed E-state index contributed by atoms with van der Waals surface area (Å²) in [5.74, 6) is 0.467. The Labute approximate surface area is 179 Å². The Balaban J connectivity index is 1.36. The molecule has 0 spiro atoms. The van der Waals surface area contributed by atoms with Crippen LogP contribution in [-0.2, 0) is 24.2 Å². The molecule has 166 valence electrons. The summed E-state index contributed by atoms with van der Waals surface area (Å²) in [7, 11) is 0. The highest BCUT2D eigenvalue weighted by molar-refractivity contribution is 5.68. The maximum Gasteiger partial charge on any atom is 0.414 e. The van der Waals surface area contributed by atoms with E-state index < -0.39 is 10.5 Å². The minimum Gasteiger partial charge on any atom is -0.490 e. The van der Waals surface area contributed by atoms with Gasteiger partial charge >= 0.3 is 17.9 Å². The summed E-state index contributed by atoms with van der Waals surface area (Å²) in [6.45, 7) is 7.54. The Bertz CT molecular complexity index is 996. The lowest BCUT2D eigenvalue weighted by Gasteiger charge is -2.31. The average molecular weight is 430 g/mol. The van der Waals surface area contributed by atoms with Crippen LogP contribution in [0, 0.1) is 10.1 Å². The SMILES string of the molecule is CC(C)(C)OC(=O)N1CCc2ccc(OC[C@H]3CCn4cc([N+](=O)[O-])nc4O3)cc2C1. The smallest absolute Gasteiger partial charge is 0.414 e. The summed E-state index contributed by atoms with van der Waals surface area (Å²) in [6, 6.07) is 6.12. The molecule has 10 nitrogen and oxygen atoms in total. The zero-order valence-electron chi connectivity index (χ0n) is 17.9. The standard InChI is InChI=1S/C21H26N4O6/c1-21(2,3)31-20(26)24-8-6-14-4-5-16(10-15(14)11-24)29-13-17-7-9-23-12-18(25(27)28)22-19(23)30-17/h4-5,10,12,17H,6-9,11,13H2,1-3H3/t17-/m1/s1. The van der Waals surface area contributed by atoms with Crippen molar-refractivity contribution >= 4 is 11.9 Å². The van der Waals surface area contributed by atoms with Crippen LogP contribution in [0.3, 0.4) is 0 Å².